The largest absolute Gasteiger partial charge is 0.465 e. The van der Waals surface area contributed by atoms with Gasteiger partial charge < -0.3 is 16.6 Å². The molecule has 0 radical (unpaired) electrons. The number of carbonyl (C=O) groups is 1. The Bertz CT molecular complexity index is 226. The lowest BCUT2D eigenvalue weighted by atomic mass is 9.53. The summed E-state index contributed by atoms with van der Waals surface area (Å²) in [5.41, 5.74) is 10.6. The first-order chi connectivity index (χ1) is 6.97. The van der Waals surface area contributed by atoms with E-state index < -0.39 is 6.09 Å². The minimum absolute atomic E-state index is 0.300. The van der Waals surface area contributed by atoms with Gasteiger partial charge in [0.25, 0.3) is 0 Å². The van der Waals surface area contributed by atoms with Crippen LogP contribution in [0.3, 0.4) is 0 Å². The van der Waals surface area contributed by atoms with E-state index in [0.717, 1.165) is 17.8 Å². The zero-order chi connectivity index (χ0) is 11.1. The van der Waals surface area contributed by atoms with Crippen LogP contribution in [0, 0.1) is 17.8 Å². The molecule has 1 amide bonds. The molecular weight excluding hydrogens is 192 g/mol. The maximum Gasteiger partial charge on any atom is 0.402 e. The highest BCUT2D eigenvalue weighted by atomic mass is 16.4. The van der Waals surface area contributed by atoms with Crippen molar-refractivity contribution in [1.29, 1.82) is 0 Å². The van der Waals surface area contributed by atoms with Gasteiger partial charge in [0, 0.05) is 5.54 Å². The van der Waals surface area contributed by atoms with Crippen LogP contribution in [0.5, 0.6) is 0 Å². The molecule has 0 atom stereocenters. The van der Waals surface area contributed by atoms with E-state index >= 15 is 0 Å². The molecule has 0 aromatic rings. The molecule has 4 fully saturated rings. The van der Waals surface area contributed by atoms with Crippen molar-refractivity contribution < 1.29 is 9.90 Å². The fourth-order valence-electron chi connectivity index (χ4n) is 4.18. The quantitative estimate of drug-likeness (QED) is 0.569. The number of hydrogen-bond acceptors (Lipinski definition) is 2. The molecule has 0 aliphatic heterocycles. The van der Waals surface area contributed by atoms with Gasteiger partial charge in [0.15, 0.2) is 0 Å². The lowest BCUT2D eigenvalue weighted by molar-refractivity contribution is 0.000364. The molecule has 4 bridgehead atoms. The monoisotopic (exact) mass is 212 g/mol. The van der Waals surface area contributed by atoms with Crippen molar-refractivity contribution in [3.63, 3.8) is 0 Å². The zero-order valence-electron chi connectivity index (χ0n) is 8.98. The van der Waals surface area contributed by atoms with Crippen LogP contribution in [0.25, 0.3) is 0 Å². The smallest absolute Gasteiger partial charge is 0.402 e. The Balaban J connectivity index is 0.000000188. The average Bonchev–Trinajstić information content (AvgIpc) is 1.96. The van der Waals surface area contributed by atoms with E-state index in [-0.39, 0.29) is 0 Å². The lowest BCUT2D eigenvalue weighted by Gasteiger charge is -2.55. The molecule has 0 unspecified atom stereocenters. The Morgan fingerprint density at radius 2 is 1.33 bits per heavy atom. The van der Waals surface area contributed by atoms with Crippen LogP contribution in [0.2, 0.25) is 0 Å². The van der Waals surface area contributed by atoms with Gasteiger partial charge in [-0.1, -0.05) is 0 Å². The Kier molecular flexibility index (Phi) is 2.63. The first-order valence-electron chi connectivity index (χ1n) is 5.74. The minimum atomic E-state index is -1.33. The fraction of sp³-hybridized carbons (Fsp3) is 0.909. The third-order valence-electron chi connectivity index (χ3n) is 4.09. The SMILES string of the molecule is NC(=O)O.NC12CC3CC(CC(C3)C1)C2. The second-order valence-electron chi connectivity index (χ2n) is 5.62. The number of primary amides is 1. The molecule has 0 aromatic heterocycles. The normalized spacial score (nSPS) is 45.8. The molecule has 0 saturated heterocycles. The molecule has 15 heavy (non-hydrogen) atoms. The van der Waals surface area contributed by atoms with Crippen molar-refractivity contribution >= 4 is 6.09 Å². The summed E-state index contributed by atoms with van der Waals surface area (Å²) in [6.07, 6.45) is 7.24. The van der Waals surface area contributed by atoms with Crippen LogP contribution in [0.1, 0.15) is 38.5 Å². The van der Waals surface area contributed by atoms with Crippen LogP contribution in [-0.2, 0) is 0 Å². The summed E-state index contributed by atoms with van der Waals surface area (Å²) >= 11 is 0. The molecule has 4 heteroatoms. The maximum absolute atomic E-state index is 8.78. The first-order valence-corrected chi connectivity index (χ1v) is 5.74. The Hall–Kier alpha value is -0.770. The van der Waals surface area contributed by atoms with Gasteiger partial charge in [0.2, 0.25) is 0 Å². The van der Waals surface area contributed by atoms with Crippen LogP contribution >= 0.6 is 0 Å². The van der Waals surface area contributed by atoms with Gasteiger partial charge in [-0.3, -0.25) is 0 Å². The van der Waals surface area contributed by atoms with Crippen LogP contribution in [0.15, 0.2) is 0 Å². The summed E-state index contributed by atoms with van der Waals surface area (Å²) < 4.78 is 0. The Morgan fingerprint density at radius 1 is 1.07 bits per heavy atom. The highest BCUT2D eigenvalue weighted by molar-refractivity contribution is 5.61. The zero-order valence-corrected chi connectivity index (χ0v) is 8.98. The van der Waals surface area contributed by atoms with E-state index in [9.17, 15) is 0 Å². The topological polar surface area (TPSA) is 89.3 Å². The molecular formula is C11H20N2O2. The fourth-order valence-corrected chi connectivity index (χ4v) is 4.18. The molecule has 4 aliphatic rings. The van der Waals surface area contributed by atoms with Gasteiger partial charge in [0.1, 0.15) is 0 Å². The van der Waals surface area contributed by atoms with Crippen LogP contribution in [0.4, 0.5) is 4.79 Å². The molecule has 4 saturated carbocycles. The van der Waals surface area contributed by atoms with E-state index in [1.165, 1.54) is 38.5 Å². The Labute approximate surface area is 90.0 Å². The third-order valence-corrected chi connectivity index (χ3v) is 4.09. The lowest BCUT2D eigenvalue weighted by Crippen LogP contribution is -2.55. The summed E-state index contributed by atoms with van der Waals surface area (Å²) in [4.78, 5) is 8.78. The summed E-state index contributed by atoms with van der Waals surface area (Å²) in [6.45, 7) is 0. The third kappa shape index (κ3) is 2.43. The summed E-state index contributed by atoms with van der Waals surface area (Å²) in [6, 6.07) is 0. The summed E-state index contributed by atoms with van der Waals surface area (Å²) in [5.74, 6) is 3.06. The van der Waals surface area contributed by atoms with Gasteiger partial charge >= 0.3 is 6.09 Å². The molecule has 4 nitrogen and oxygen atoms in total. The van der Waals surface area contributed by atoms with E-state index in [0.29, 0.717) is 5.54 Å². The van der Waals surface area contributed by atoms with E-state index in [1.54, 1.807) is 0 Å². The van der Waals surface area contributed by atoms with Gasteiger partial charge in [0.05, 0.1) is 0 Å². The summed E-state index contributed by atoms with van der Waals surface area (Å²) in [7, 11) is 0. The van der Waals surface area contributed by atoms with Gasteiger partial charge in [-0.2, -0.15) is 0 Å². The highest BCUT2D eigenvalue weighted by Crippen LogP contribution is 2.54. The number of rotatable bonds is 0. The first kappa shape index (κ1) is 10.7. The van der Waals surface area contributed by atoms with Crippen LogP contribution in [-0.4, -0.2) is 16.7 Å². The average molecular weight is 212 g/mol. The number of nitrogens with two attached hydrogens (primary N) is 2. The van der Waals surface area contributed by atoms with Crippen molar-refractivity contribution in [2.45, 2.75) is 44.1 Å². The van der Waals surface area contributed by atoms with Gasteiger partial charge in [-0.05, 0) is 56.3 Å². The van der Waals surface area contributed by atoms with Crippen molar-refractivity contribution in [2.75, 3.05) is 0 Å². The van der Waals surface area contributed by atoms with Crippen molar-refractivity contribution in [2.24, 2.45) is 29.2 Å². The molecule has 0 spiro atoms. The molecule has 4 rings (SSSR count). The minimum Gasteiger partial charge on any atom is -0.465 e. The predicted molar refractivity (Wildman–Crippen MR) is 57.3 cm³/mol. The number of hydrogen-bond donors (Lipinski definition) is 3. The molecule has 86 valence electrons. The second-order valence-corrected chi connectivity index (χ2v) is 5.62. The maximum atomic E-state index is 8.78. The van der Waals surface area contributed by atoms with E-state index in [4.69, 9.17) is 15.6 Å². The van der Waals surface area contributed by atoms with E-state index in [2.05, 4.69) is 5.73 Å². The van der Waals surface area contributed by atoms with Crippen LogP contribution < -0.4 is 11.5 Å². The van der Waals surface area contributed by atoms with Crippen molar-refractivity contribution in [3.05, 3.63) is 0 Å². The second kappa shape index (κ2) is 3.67. The van der Waals surface area contributed by atoms with Gasteiger partial charge in [-0.25, -0.2) is 4.79 Å². The standard InChI is InChI=1S/C10H17N.CH3NO2/c11-10-4-7-1-8(5-10)3-9(2-7)6-10;2-1(3)4/h7-9H,1-6,11H2;2H2,(H,3,4). The number of amides is 1. The van der Waals surface area contributed by atoms with Crippen molar-refractivity contribution in [3.8, 4) is 0 Å². The molecule has 0 aromatic carbocycles. The van der Waals surface area contributed by atoms with Crippen molar-refractivity contribution in [1.82, 2.24) is 0 Å². The van der Waals surface area contributed by atoms with E-state index in [1.807, 2.05) is 0 Å². The Morgan fingerprint density at radius 3 is 1.53 bits per heavy atom. The molecule has 0 heterocycles. The predicted octanol–water partition coefficient (Wildman–Crippen LogP) is 1.54. The molecule has 4 aliphatic carbocycles. The number of carboxylic acid groups (broad SMARTS) is 1. The van der Waals surface area contributed by atoms with Gasteiger partial charge in [-0.15, -0.1) is 0 Å². The summed E-state index contributed by atoms with van der Waals surface area (Å²) in [5, 5.41) is 7.19. The molecule has 5 N–H and O–H groups in total. The highest BCUT2D eigenvalue weighted by Gasteiger charge is 2.48.